The molecule has 0 saturated carbocycles. The molecule has 15 heavy (non-hydrogen) atoms. The molecule has 0 amide bonds. The average molecular weight is 255 g/mol. The summed E-state index contributed by atoms with van der Waals surface area (Å²) in [5.74, 6) is 1.30. The Kier molecular flexibility index (Phi) is 8.75. The zero-order chi connectivity index (χ0) is 11.7. The molecule has 0 fully saturated rings. The molecule has 1 unspecified atom stereocenters. The van der Waals surface area contributed by atoms with Crippen LogP contribution in [-0.2, 0) is 13.3 Å². The summed E-state index contributed by atoms with van der Waals surface area (Å²) in [5.41, 5.74) is 0. The van der Waals surface area contributed by atoms with Crippen LogP contribution in [0.25, 0.3) is 0 Å². The van der Waals surface area contributed by atoms with Gasteiger partial charge in [-0.2, -0.15) is 0 Å². The van der Waals surface area contributed by atoms with Crippen molar-refractivity contribution in [3.8, 4) is 0 Å². The fourth-order valence-corrected chi connectivity index (χ4v) is 3.86. The summed E-state index contributed by atoms with van der Waals surface area (Å²) >= 11 is 5.63. The molecule has 0 N–H and O–H groups in total. The van der Waals surface area contributed by atoms with E-state index < -0.39 is 8.80 Å². The van der Waals surface area contributed by atoms with Gasteiger partial charge in [-0.15, -0.1) is 11.6 Å². The van der Waals surface area contributed by atoms with Crippen LogP contribution in [0.5, 0.6) is 0 Å². The summed E-state index contributed by atoms with van der Waals surface area (Å²) in [6.07, 6.45) is 3.39. The SMILES string of the molecule is CO[Si](CC(C)CCCCCl)(OC)OC. The van der Waals surface area contributed by atoms with Gasteiger partial charge in [0.05, 0.1) is 0 Å². The minimum atomic E-state index is -2.37. The van der Waals surface area contributed by atoms with Crippen molar-refractivity contribution in [2.45, 2.75) is 32.2 Å². The van der Waals surface area contributed by atoms with Crippen LogP contribution < -0.4 is 0 Å². The highest BCUT2D eigenvalue weighted by molar-refractivity contribution is 6.60. The molecule has 3 nitrogen and oxygen atoms in total. The van der Waals surface area contributed by atoms with Crippen LogP contribution in [0.2, 0.25) is 6.04 Å². The van der Waals surface area contributed by atoms with E-state index in [2.05, 4.69) is 6.92 Å². The Morgan fingerprint density at radius 3 is 2.00 bits per heavy atom. The van der Waals surface area contributed by atoms with Gasteiger partial charge in [0, 0.05) is 33.3 Å². The molecule has 0 aromatic carbocycles. The van der Waals surface area contributed by atoms with E-state index >= 15 is 0 Å². The standard InChI is InChI=1S/C10H23ClO3Si/c1-10(7-5-6-8-11)9-15(12-2,13-3)14-4/h10H,5-9H2,1-4H3. The maximum absolute atomic E-state index is 5.63. The van der Waals surface area contributed by atoms with Crippen molar-refractivity contribution in [3.05, 3.63) is 0 Å². The van der Waals surface area contributed by atoms with Gasteiger partial charge in [-0.25, -0.2) is 0 Å². The number of halogens is 1. The number of hydrogen-bond donors (Lipinski definition) is 0. The van der Waals surface area contributed by atoms with Crippen molar-refractivity contribution in [2.75, 3.05) is 27.2 Å². The first kappa shape index (κ1) is 15.4. The van der Waals surface area contributed by atoms with Gasteiger partial charge in [0.1, 0.15) is 0 Å². The maximum Gasteiger partial charge on any atom is 0.500 e. The summed E-state index contributed by atoms with van der Waals surface area (Å²) in [5, 5.41) is 0. The van der Waals surface area contributed by atoms with Gasteiger partial charge in [-0.3, -0.25) is 0 Å². The zero-order valence-corrected chi connectivity index (χ0v) is 12.0. The minimum absolute atomic E-state index is 0.555. The van der Waals surface area contributed by atoms with Crippen LogP contribution >= 0.6 is 11.6 Å². The molecule has 1 atom stereocenters. The normalized spacial score (nSPS) is 14.2. The van der Waals surface area contributed by atoms with E-state index in [1.54, 1.807) is 21.3 Å². The molecule has 0 bridgehead atoms. The molecule has 0 heterocycles. The first-order valence-electron chi connectivity index (χ1n) is 5.35. The molecule has 0 aliphatic carbocycles. The molecular weight excluding hydrogens is 232 g/mol. The van der Waals surface area contributed by atoms with Gasteiger partial charge >= 0.3 is 8.80 Å². The Morgan fingerprint density at radius 1 is 1.07 bits per heavy atom. The molecule has 0 spiro atoms. The molecule has 92 valence electrons. The highest BCUT2D eigenvalue weighted by Gasteiger charge is 2.39. The van der Waals surface area contributed by atoms with Crippen LogP contribution in [-0.4, -0.2) is 36.0 Å². The number of rotatable bonds is 9. The molecule has 0 aromatic rings. The predicted molar refractivity (Wildman–Crippen MR) is 65.3 cm³/mol. The van der Waals surface area contributed by atoms with Crippen molar-refractivity contribution in [1.82, 2.24) is 0 Å². The lowest BCUT2D eigenvalue weighted by Crippen LogP contribution is -2.44. The van der Waals surface area contributed by atoms with E-state index in [-0.39, 0.29) is 0 Å². The maximum atomic E-state index is 5.63. The molecule has 0 rings (SSSR count). The predicted octanol–water partition coefficient (Wildman–Crippen LogP) is 2.91. The lowest BCUT2D eigenvalue weighted by Gasteiger charge is -2.27. The second kappa shape index (κ2) is 8.53. The van der Waals surface area contributed by atoms with E-state index in [0.29, 0.717) is 5.92 Å². The summed E-state index contributed by atoms with van der Waals surface area (Å²) in [6, 6.07) is 0.874. The smallest absolute Gasteiger partial charge is 0.377 e. The topological polar surface area (TPSA) is 27.7 Å². The Labute approximate surface area is 99.4 Å². The molecule has 0 aliphatic rings. The summed E-state index contributed by atoms with van der Waals surface area (Å²) < 4.78 is 16.1. The lowest BCUT2D eigenvalue weighted by molar-refractivity contribution is 0.118. The van der Waals surface area contributed by atoms with Crippen LogP contribution in [0.4, 0.5) is 0 Å². The fourth-order valence-electron chi connectivity index (χ4n) is 1.62. The first-order valence-corrected chi connectivity index (χ1v) is 7.82. The highest BCUT2D eigenvalue weighted by Crippen LogP contribution is 2.23. The summed E-state index contributed by atoms with van der Waals surface area (Å²) in [6.45, 7) is 2.20. The molecule has 0 radical (unpaired) electrons. The van der Waals surface area contributed by atoms with E-state index in [4.69, 9.17) is 24.9 Å². The van der Waals surface area contributed by atoms with Gasteiger partial charge in [0.15, 0.2) is 0 Å². The lowest BCUT2D eigenvalue weighted by atomic mass is 10.1. The van der Waals surface area contributed by atoms with Gasteiger partial charge in [-0.05, 0) is 12.3 Å². The van der Waals surface area contributed by atoms with E-state index in [1.807, 2.05) is 0 Å². The van der Waals surface area contributed by atoms with Crippen molar-refractivity contribution < 1.29 is 13.3 Å². The highest BCUT2D eigenvalue weighted by atomic mass is 35.5. The fraction of sp³-hybridized carbons (Fsp3) is 1.00. The Morgan fingerprint density at radius 2 is 1.60 bits per heavy atom. The van der Waals surface area contributed by atoms with Gasteiger partial charge < -0.3 is 13.3 Å². The molecule has 0 aromatic heterocycles. The van der Waals surface area contributed by atoms with Gasteiger partial charge in [0.2, 0.25) is 0 Å². The van der Waals surface area contributed by atoms with Gasteiger partial charge in [0.25, 0.3) is 0 Å². The summed E-state index contributed by atoms with van der Waals surface area (Å²) in [4.78, 5) is 0. The zero-order valence-electron chi connectivity index (χ0n) is 10.2. The van der Waals surface area contributed by atoms with Crippen LogP contribution in [0, 0.1) is 5.92 Å². The van der Waals surface area contributed by atoms with Crippen LogP contribution in [0.15, 0.2) is 0 Å². The second-order valence-corrected chi connectivity index (χ2v) is 7.17. The third kappa shape index (κ3) is 5.87. The monoisotopic (exact) mass is 254 g/mol. The molecule has 0 saturated heterocycles. The van der Waals surface area contributed by atoms with Crippen molar-refractivity contribution >= 4 is 20.4 Å². The largest absolute Gasteiger partial charge is 0.500 e. The number of unbranched alkanes of at least 4 members (excludes halogenated alkanes) is 1. The summed E-state index contributed by atoms with van der Waals surface area (Å²) in [7, 11) is 2.60. The average Bonchev–Trinajstić information content (AvgIpc) is 2.26. The first-order chi connectivity index (χ1) is 7.14. The van der Waals surface area contributed by atoms with E-state index in [0.717, 1.165) is 31.2 Å². The van der Waals surface area contributed by atoms with E-state index in [1.165, 1.54) is 0 Å². The molecule has 5 heteroatoms. The molecular formula is C10H23ClO3Si. The Balaban J connectivity index is 3.94. The quantitative estimate of drug-likeness (QED) is 0.360. The van der Waals surface area contributed by atoms with Crippen molar-refractivity contribution in [3.63, 3.8) is 0 Å². The number of alkyl halides is 1. The third-order valence-corrected chi connectivity index (χ3v) is 5.94. The minimum Gasteiger partial charge on any atom is -0.377 e. The van der Waals surface area contributed by atoms with Crippen LogP contribution in [0.3, 0.4) is 0 Å². The van der Waals surface area contributed by atoms with Crippen molar-refractivity contribution in [2.24, 2.45) is 5.92 Å². The van der Waals surface area contributed by atoms with E-state index in [9.17, 15) is 0 Å². The Hall–Kier alpha value is 0.387. The molecule has 0 aliphatic heterocycles. The van der Waals surface area contributed by atoms with Crippen molar-refractivity contribution in [1.29, 1.82) is 0 Å². The third-order valence-electron chi connectivity index (χ3n) is 2.61. The van der Waals surface area contributed by atoms with Gasteiger partial charge in [-0.1, -0.05) is 19.8 Å². The Bertz CT molecular complexity index is 145. The second-order valence-electron chi connectivity index (χ2n) is 3.79. The number of hydrogen-bond acceptors (Lipinski definition) is 3. The van der Waals surface area contributed by atoms with Crippen LogP contribution in [0.1, 0.15) is 26.2 Å².